The molecule has 0 saturated carbocycles. The van der Waals surface area contributed by atoms with Gasteiger partial charge in [0, 0.05) is 19.0 Å². The predicted octanol–water partition coefficient (Wildman–Crippen LogP) is 3.97. The molecule has 1 aromatic heterocycles. The van der Waals surface area contributed by atoms with Gasteiger partial charge in [0.05, 0.1) is 18.4 Å². The summed E-state index contributed by atoms with van der Waals surface area (Å²) in [5.74, 6) is 1.28. The minimum Gasteiger partial charge on any atom is -0.497 e. The molecule has 9 heteroatoms. The molecular formula is C22H23F3N4O2. The second kappa shape index (κ2) is 8.58. The van der Waals surface area contributed by atoms with Gasteiger partial charge in [0.15, 0.2) is 0 Å². The van der Waals surface area contributed by atoms with Crippen LogP contribution in [0.3, 0.4) is 0 Å². The summed E-state index contributed by atoms with van der Waals surface area (Å²) in [4.78, 5) is 17.4. The molecule has 164 valence electrons. The molecule has 6 nitrogen and oxygen atoms in total. The summed E-state index contributed by atoms with van der Waals surface area (Å²) in [5.41, 5.74) is 0.286. The van der Waals surface area contributed by atoms with Gasteiger partial charge >= 0.3 is 11.9 Å². The lowest BCUT2D eigenvalue weighted by Crippen LogP contribution is -2.34. The molecule has 31 heavy (non-hydrogen) atoms. The van der Waals surface area contributed by atoms with Crippen LogP contribution in [-0.4, -0.2) is 39.9 Å². The Hall–Kier alpha value is -3.07. The average molecular weight is 432 g/mol. The first-order valence-corrected chi connectivity index (χ1v) is 10.1. The lowest BCUT2D eigenvalue weighted by atomic mass is 9.97. The normalized spacial score (nSPS) is 17.6. The summed E-state index contributed by atoms with van der Waals surface area (Å²) < 4.78 is 45.4. The molecule has 1 saturated heterocycles. The molecule has 0 unspecified atom stereocenters. The van der Waals surface area contributed by atoms with Crippen LogP contribution in [0.25, 0.3) is 5.69 Å². The highest BCUT2D eigenvalue weighted by atomic mass is 19.4. The molecule has 0 radical (unpaired) electrons. The van der Waals surface area contributed by atoms with Crippen molar-refractivity contribution < 1.29 is 17.9 Å². The van der Waals surface area contributed by atoms with Gasteiger partial charge in [0.25, 0.3) is 0 Å². The maximum absolute atomic E-state index is 13.0. The minimum absolute atomic E-state index is 0.00625. The first kappa shape index (κ1) is 21.2. The van der Waals surface area contributed by atoms with Crippen LogP contribution < -0.4 is 10.4 Å². The van der Waals surface area contributed by atoms with E-state index in [9.17, 15) is 18.0 Å². The lowest BCUT2D eigenvalue weighted by molar-refractivity contribution is -0.137. The third-order valence-electron chi connectivity index (χ3n) is 5.50. The fourth-order valence-corrected chi connectivity index (χ4v) is 3.95. The van der Waals surface area contributed by atoms with Crippen molar-refractivity contribution in [2.45, 2.75) is 31.5 Å². The van der Waals surface area contributed by atoms with Gasteiger partial charge in [-0.05, 0) is 55.3 Å². The van der Waals surface area contributed by atoms with Crippen LogP contribution in [0, 0.1) is 0 Å². The number of methoxy groups -OCH3 is 1. The number of hydrogen-bond donors (Lipinski definition) is 1. The highest BCUT2D eigenvalue weighted by Gasteiger charge is 2.31. The molecule has 1 N–H and O–H groups in total. The molecule has 3 aromatic rings. The van der Waals surface area contributed by atoms with Crippen LogP contribution in [0.4, 0.5) is 13.2 Å². The maximum Gasteiger partial charge on any atom is 0.416 e. The molecule has 0 bridgehead atoms. The smallest absolute Gasteiger partial charge is 0.416 e. The first-order chi connectivity index (χ1) is 14.8. The number of nitrogens with zero attached hydrogens (tertiary/aromatic N) is 3. The van der Waals surface area contributed by atoms with E-state index in [0.717, 1.165) is 25.5 Å². The number of aromatic amines is 1. The van der Waals surface area contributed by atoms with Crippen LogP contribution in [0.15, 0.2) is 53.3 Å². The Kier molecular flexibility index (Phi) is 5.86. The molecule has 1 fully saturated rings. The van der Waals surface area contributed by atoms with Crippen LogP contribution in [0.1, 0.15) is 35.7 Å². The molecule has 0 spiro atoms. The average Bonchev–Trinajstić information content (AvgIpc) is 3.15. The fraction of sp³-hybridized carbons (Fsp3) is 0.364. The Balaban J connectivity index is 1.48. The van der Waals surface area contributed by atoms with Gasteiger partial charge in [-0.1, -0.05) is 18.2 Å². The second-order valence-corrected chi connectivity index (χ2v) is 7.70. The van der Waals surface area contributed by atoms with Crippen LogP contribution in [-0.2, 0) is 12.7 Å². The number of aromatic nitrogens is 3. The molecule has 1 atom stereocenters. The van der Waals surface area contributed by atoms with Crippen LogP contribution >= 0.6 is 0 Å². The van der Waals surface area contributed by atoms with E-state index in [-0.39, 0.29) is 11.6 Å². The minimum atomic E-state index is -4.35. The first-order valence-electron chi connectivity index (χ1n) is 10.1. The van der Waals surface area contributed by atoms with E-state index in [1.165, 1.54) is 16.8 Å². The number of benzene rings is 2. The Morgan fingerprint density at radius 1 is 1.19 bits per heavy atom. The molecule has 4 rings (SSSR count). The Morgan fingerprint density at radius 3 is 2.68 bits per heavy atom. The topological polar surface area (TPSA) is 63.1 Å². The zero-order valence-corrected chi connectivity index (χ0v) is 17.0. The van der Waals surface area contributed by atoms with Gasteiger partial charge in [0.2, 0.25) is 0 Å². The number of piperidine rings is 1. The van der Waals surface area contributed by atoms with Crippen molar-refractivity contribution in [3.63, 3.8) is 0 Å². The Bertz CT molecular complexity index is 1090. The Morgan fingerprint density at radius 2 is 1.97 bits per heavy atom. The van der Waals surface area contributed by atoms with E-state index in [0.29, 0.717) is 35.9 Å². The molecule has 2 heterocycles. The molecule has 0 aliphatic carbocycles. The Labute approximate surface area is 177 Å². The van der Waals surface area contributed by atoms with E-state index in [1.807, 2.05) is 0 Å². The van der Waals surface area contributed by atoms with E-state index < -0.39 is 11.7 Å². The lowest BCUT2D eigenvalue weighted by Gasteiger charge is -2.31. The predicted molar refractivity (Wildman–Crippen MR) is 109 cm³/mol. The van der Waals surface area contributed by atoms with Gasteiger partial charge in [-0.15, -0.1) is 5.10 Å². The van der Waals surface area contributed by atoms with E-state index >= 15 is 0 Å². The van der Waals surface area contributed by atoms with Crippen LogP contribution in [0.2, 0.25) is 0 Å². The largest absolute Gasteiger partial charge is 0.497 e. The third-order valence-corrected chi connectivity index (χ3v) is 5.50. The zero-order valence-electron chi connectivity index (χ0n) is 17.0. The highest BCUT2D eigenvalue weighted by molar-refractivity contribution is 5.36. The van der Waals surface area contributed by atoms with E-state index in [2.05, 4.69) is 15.0 Å². The van der Waals surface area contributed by atoms with Crippen molar-refractivity contribution in [1.29, 1.82) is 0 Å². The molecule has 1 aliphatic heterocycles. The highest BCUT2D eigenvalue weighted by Crippen LogP contribution is 2.30. The third kappa shape index (κ3) is 4.82. The number of H-pyrrole nitrogens is 1. The molecular weight excluding hydrogens is 409 g/mol. The van der Waals surface area contributed by atoms with Crippen molar-refractivity contribution in [3.8, 4) is 11.4 Å². The number of likely N-dealkylation sites (tertiary alicyclic amines) is 1. The van der Waals surface area contributed by atoms with Crippen molar-refractivity contribution in [2.75, 3.05) is 20.2 Å². The number of ether oxygens (including phenoxy) is 1. The van der Waals surface area contributed by atoms with E-state index in [4.69, 9.17) is 4.74 Å². The van der Waals surface area contributed by atoms with Gasteiger partial charge in [-0.3, -0.25) is 9.88 Å². The summed E-state index contributed by atoms with van der Waals surface area (Å²) in [7, 11) is 1.57. The van der Waals surface area contributed by atoms with Crippen molar-refractivity contribution in [2.24, 2.45) is 0 Å². The summed E-state index contributed by atoms with van der Waals surface area (Å²) in [5, 5.41) is 4.48. The summed E-state index contributed by atoms with van der Waals surface area (Å²) in [6.45, 7) is 1.83. The number of hydrogen-bond acceptors (Lipinski definition) is 4. The zero-order chi connectivity index (χ0) is 22.0. The van der Waals surface area contributed by atoms with E-state index in [1.54, 1.807) is 37.4 Å². The van der Waals surface area contributed by atoms with Gasteiger partial charge in [-0.25, -0.2) is 4.79 Å². The summed E-state index contributed by atoms with van der Waals surface area (Å²) in [6.07, 6.45) is -2.62. The number of alkyl halides is 3. The number of halogens is 3. The SMILES string of the molecule is COc1ccc(-n2nc([C@H]3CCCN(Cc4cccc(C(F)(F)F)c4)C3)[nH]c2=O)cc1. The molecule has 2 aromatic carbocycles. The van der Waals surface area contributed by atoms with Gasteiger partial charge in [-0.2, -0.15) is 17.9 Å². The maximum atomic E-state index is 13.0. The monoisotopic (exact) mass is 432 g/mol. The van der Waals surface area contributed by atoms with Crippen LogP contribution in [0.5, 0.6) is 5.75 Å². The van der Waals surface area contributed by atoms with Crippen molar-refractivity contribution in [1.82, 2.24) is 19.7 Å². The molecule has 0 amide bonds. The standard InChI is InChI=1S/C22H23F3N4O2/c1-31-19-9-7-18(8-10-19)29-21(30)26-20(27-29)16-5-3-11-28(14-16)13-15-4-2-6-17(12-15)22(23,24)25/h2,4,6-10,12,16H,3,5,11,13-14H2,1H3,(H,26,27,30)/t16-/m0/s1. The summed E-state index contributed by atoms with van der Waals surface area (Å²) in [6, 6.07) is 12.5. The number of nitrogens with one attached hydrogen (secondary N) is 1. The van der Waals surface area contributed by atoms with Crippen molar-refractivity contribution in [3.05, 3.63) is 76.0 Å². The van der Waals surface area contributed by atoms with Gasteiger partial charge < -0.3 is 4.74 Å². The molecule has 1 aliphatic rings. The second-order valence-electron chi connectivity index (χ2n) is 7.70. The van der Waals surface area contributed by atoms with Crippen molar-refractivity contribution >= 4 is 0 Å². The van der Waals surface area contributed by atoms with Gasteiger partial charge in [0.1, 0.15) is 11.6 Å². The fourth-order valence-electron chi connectivity index (χ4n) is 3.95. The quantitative estimate of drug-likeness (QED) is 0.663. The summed E-state index contributed by atoms with van der Waals surface area (Å²) >= 11 is 0. The number of rotatable bonds is 5.